The molecule has 0 saturated carbocycles. The summed E-state index contributed by atoms with van der Waals surface area (Å²) in [4.78, 5) is 41.3. The minimum absolute atomic E-state index is 0.0106. The molecule has 4 N–H and O–H groups in total. The maximum Gasteiger partial charge on any atom is 0.337 e. The first kappa shape index (κ1) is 14.5. The topological polar surface area (TPSA) is 131 Å². The van der Waals surface area contributed by atoms with Crippen LogP contribution in [0.15, 0.2) is 46.1 Å². The van der Waals surface area contributed by atoms with Crippen LogP contribution in [-0.2, 0) is 6.54 Å². The van der Waals surface area contributed by atoms with E-state index in [0.717, 1.165) is 0 Å². The van der Waals surface area contributed by atoms with Gasteiger partial charge >= 0.3 is 11.7 Å². The molecular formula is C15H12N4O4. The average molecular weight is 312 g/mol. The Labute approximate surface area is 128 Å². The number of hydrogen-bond acceptors (Lipinski definition) is 5. The van der Waals surface area contributed by atoms with E-state index in [1.807, 2.05) is 0 Å². The molecule has 1 aromatic carbocycles. The Morgan fingerprint density at radius 1 is 1.30 bits per heavy atom. The molecule has 2 heterocycles. The quantitative estimate of drug-likeness (QED) is 0.642. The smallest absolute Gasteiger partial charge is 0.337 e. The predicted molar refractivity (Wildman–Crippen MR) is 83.5 cm³/mol. The molecule has 0 aliphatic carbocycles. The Balaban J connectivity index is 2.16. The van der Waals surface area contributed by atoms with Crippen molar-refractivity contribution in [3.8, 4) is 0 Å². The lowest BCUT2D eigenvalue weighted by atomic mass is 10.2. The number of aromatic amines is 1. The van der Waals surface area contributed by atoms with Gasteiger partial charge in [0.25, 0.3) is 5.56 Å². The molecule has 0 unspecified atom stereocenters. The summed E-state index contributed by atoms with van der Waals surface area (Å²) in [6.45, 7) is 0.0106. The Hall–Kier alpha value is -3.42. The van der Waals surface area contributed by atoms with Gasteiger partial charge < -0.3 is 10.8 Å². The number of carbonyl (C=O) groups is 1. The SMILES string of the molecule is Nc1cnc(Cn2c(=O)[nH]c(=O)c3ccccc32)cc1C(=O)O. The number of carboxylic acids is 1. The Morgan fingerprint density at radius 3 is 2.78 bits per heavy atom. The molecular weight excluding hydrogens is 300 g/mol. The molecule has 0 amide bonds. The van der Waals surface area contributed by atoms with Crippen LogP contribution in [0.2, 0.25) is 0 Å². The molecule has 0 bridgehead atoms. The number of nitrogens with zero attached hydrogens (tertiary/aromatic N) is 2. The summed E-state index contributed by atoms with van der Waals surface area (Å²) in [5.41, 5.74) is 5.24. The van der Waals surface area contributed by atoms with Crippen LogP contribution >= 0.6 is 0 Å². The van der Waals surface area contributed by atoms with Crippen molar-refractivity contribution in [3.05, 3.63) is 68.6 Å². The molecule has 8 nitrogen and oxygen atoms in total. The molecule has 2 aromatic heterocycles. The molecule has 0 fully saturated rings. The average Bonchev–Trinajstić information content (AvgIpc) is 2.52. The van der Waals surface area contributed by atoms with E-state index in [0.29, 0.717) is 16.6 Å². The summed E-state index contributed by atoms with van der Waals surface area (Å²) >= 11 is 0. The van der Waals surface area contributed by atoms with Crippen molar-refractivity contribution in [3.63, 3.8) is 0 Å². The summed E-state index contributed by atoms with van der Waals surface area (Å²) in [5.74, 6) is -1.18. The van der Waals surface area contributed by atoms with Crippen molar-refractivity contribution in [1.82, 2.24) is 14.5 Å². The second-order valence-corrected chi connectivity index (χ2v) is 4.93. The monoisotopic (exact) mass is 312 g/mol. The molecule has 8 heteroatoms. The number of aromatic carboxylic acids is 1. The normalized spacial score (nSPS) is 10.8. The first-order valence-electron chi connectivity index (χ1n) is 6.67. The number of para-hydroxylation sites is 1. The van der Waals surface area contributed by atoms with Crippen molar-refractivity contribution in [1.29, 1.82) is 0 Å². The summed E-state index contributed by atoms with van der Waals surface area (Å²) in [6.07, 6.45) is 1.23. The van der Waals surface area contributed by atoms with Crippen molar-refractivity contribution in [2.75, 3.05) is 5.73 Å². The third-order valence-corrected chi connectivity index (χ3v) is 3.45. The fraction of sp³-hybridized carbons (Fsp3) is 0.0667. The number of nitrogens with one attached hydrogen (secondary N) is 1. The maximum absolute atomic E-state index is 12.1. The van der Waals surface area contributed by atoms with Gasteiger partial charge in [-0.05, 0) is 18.2 Å². The highest BCUT2D eigenvalue weighted by Crippen LogP contribution is 2.14. The first-order valence-corrected chi connectivity index (χ1v) is 6.67. The zero-order chi connectivity index (χ0) is 16.6. The van der Waals surface area contributed by atoms with Crippen molar-refractivity contribution < 1.29 is 9.90 Å². The molecule has 3 rings (SSSR count). The Kier molecular flexibility index (Phi) is 3.41. The molecule has 0 saturated heterocycles. The molecule has 116 valence electrons. The predicted octanol–water partition coefficient (Wildman–Crippen LogP) is 0.413. The highest BCUT2D eigenvalue weighted by Gasteiger charge is 2.12. The minimum Gasteiger partial charge on any atom is -0.478 e. The number of carboxylic acid groups (broad SMARTS) is 1. The number of fused-ring (bicyclic) bond motifs is 1. The molecule has 0 radical (unpaired) electrons. The standard InChI is InChI=1S/C15H12N4O4/c16-11-6-17-8(5-10(11)14(21)22)7-19-12-4-2-1-3-9(12)13(20)18-15(19)23/h1-6H,7,16H2,(H,21,22)(H,18,20,23). The van der Waals surface area contributed by atoms with Gasteiger partial charge in [-0.3, -0.25) is 19.3 Å². The number of pyridine rings is 1. The number of rotatable bonds is 3. The van der Waals surface area contributed by atoms with Gasteiger partial charge in [0.2, 0.25) is 0 Å². The van der Waals surface area contributed by atoms with Crippen LogP contribution in [0, 0.1) is 0 Å². The summed E-state index contributed by atoms with van der Waals surface area (Å²) in [5, 5.41) is 9.46. The fourth-order valence-corrected chi connectivity index (χ4v) is 2.34. The lowest BCUT2D eigenvalue weighted by molar-refractivity contribution is 0.0698. The van der Waals surface area contributed by atoms with Crippen LogP contribution in [0.4, 0.5) is 5.69 Å². The number of aromatic nitrogens is 3. The fourth-order valence-electron chi connectivity index (χ4n) is 2.34. The summed E-state index contributed by atoms with van der Waals surface area (Å²) in [6, 6.07) is 7.95. The van der Waals surface area contributed by atoms with Crippen LogP contribution in [0.25, 0.3) is 10.9 Å². The van der Waals surface area contributed by atoms with Crippen molar-refractivity contribution >= 4 is 22.6 Å². The molecule has 0 aliphatic rings. The van der Waals surface area contributed by atoms with Gasteiger partial charge in [0.15, 0.2) is 0 Å². The Morgan fingerprint density at radius 2 is 2.04 bits per heavy atom. The Bertz CT molecular complexity index is 1040. The first-order chi connectivity index (χ1) is 11.0. The number of benzene rings is 1. The molecule has 0 aliphatic heterocycles. The van der Waals surface area contributed by atoms with E-state index in [4.69, 9.17) is 10.8 Å². The zero-order valence-corrected chi connectivity index (χ0v) is 11.8. The maximum atomic E-state index is 12.1. The molecule has 3 aromatic rings. The summed E-state index contributed by atoms with van der Waals surface area (Å²) in [7, 11) is 0. The van der Waals surface area contributed by atoms with Crippen molar-refractivity contribution in [2.45, 2.75) is 6.54 Å². The molecule has 0 atom stereocenters. The van der Waals surface area contributed by atoms with Crippen LogP contribution < -0.4 is 17.0 Å². The second kappa shape index (κ2) is 5.41. The third kappa shape index (κ3) is 2.57. The van der Waals surface area contributed by atoms with Gasteiger partial charge in [-0.1, -0.05) is 12.1 Å². The van der Waals surface area contributed by atoms with Gasteiger partial charge in [-0.25, -0.2) is 9.59 Å². The van der Waals surface area contributed by atoms with Crippen LogP contribution in [0.5, 0.6) is 0 Å². The number of nitrogen functional groups attached to an aromatic ring is 1. The highest BCUT2D eigenvalue weighted by molar-refractivity contribution is 5.93. The molecule has 23 heavy (non-hydrogen) atoms. The van der Waals surface area contributed by atoms with E-state index < -0.39 is 17.2 Å². The van der Waals surface area contributed by atoms with Crippen LogP contribution in [0.1, 0.15) is 16.1 Å². The van der Waals surface area contributed by atoms with Gasteiger partial charge in [-0.2, -0.15) is 0 Å². The number of H-pyrrole nitrogens is 1. The second-order valence-electron chi connectivity index (χ2n) is 4.93. The van der Waals surface area contributed by atoms with Crippen LogP contribution in [0.3, 0.4) is 0 Å². The minimum atomic E-state index is -1.18. The lowest BCUT2D eigenvalue weighted by Crippen LogP contribution is -2.30. The van der Waals surface area contributed by atoms with Gasteiger partial charge in [0, 0.05) is 0 Å². The van der Waals surface area contributed by atoms with E-state index in [1.165, 1.54) is 16.8 Å². The van der Waals surface area contributed by atoms with E-state index in [2.05, 4.69) is 9.97 Å². The van der Waals surface area contributed by atoms with Crippen LogP contribution in [-0.4, -0.2) is 25.6 Å². The zero-order valence-electron chi connectivity index (χ0n) is 11.8. The number of nitrogens with two attached hydrogens (primary N) is 1. The van der Waals surface area contributed by atoms with Gasteiger partial charge in [-0.15, -0.1) is 0 Å². The van der Waals surface area contributed by atoms with E-state index >= 15 is 0 Å². The van der Waals surface area contributed by atoms with E-state index in [-0.39, 0.29) is 17.8 Å². The highest BCUT2D eigenvalue weighted by atomic mass is 16.4. The van der Waals surface area contributed by atoms with E-state index in [9.17, 15) is 14.4 Å². The third-order valence-electron chi connectivity index (χ3n) is 3.45. The summed E-state index contributed by atoms with van der Waals surface area (Å²) < 4.78 is 1.32. The largest absolute Gasteiger partial charge is 0.478 e. The van der Waals surface area contributed by atoms with Gasteiger partial charge in [0.1, 0.15) is 0 Å². The number of hydrogen-bond donors (Lipinski definition) is 3. The number of anilines is 1. The van der Waals surface area contributed by atoms with E-state index in [1.54, 1.807) is 24.3 Å². The van der Waals surface area contributed by atoms with Crippen molar-refractivity contribution in [2.24, 2.45) is 0 Å². The lowest BCUT2D eigenvalue weighted by Gasteiger charge is -2.10. The molecule has 0 spiro atoms. The van der Waals surface area contributed by atoms with Gasteiger partial charge in [0.05, 0.1) is 40.6 Å².